The molecule has 0 radical (unpaired) electrons. The largest absolute Gasteiger partial charge is 0.394 e. The van der Waals surface area contributed by atoms with E-state index in [1.54, 1.807) is 0 Å². The molecule has 0 bridgehead atoms. The van der Waals surface area contributed by atoms with Gasteiger partial charge in [-0.05, 0) is 31.4 Å². The highest BCUT2D eigenvalue weighted by atomic mass is 32.2. The van der Waals surface area contributed by atoms with Gasteiger partial charge in [0.15, 0.2) is 5.82 Å². The SMILES string of the molecule is Nc1c(F)ccc(S(=O)(=O)NCC2CCCCO2)c1F. The summed E-state index contributed by atoms with van der Waals surface area (Å²) in [7, 11) is -4.08. The van der Waals surface area contributed by atoms with Crippen molar-refractivity contribution in [1.82, 2.24) is 4.72 Å². The van der Waals surface area contributed by atoms with E-state index < -0.39 is 32.2 Å². The lowest BCUT2D eigenvalue weighted by molar-refractivity contribution is 0.0200. The number of nitrogen functional groups attached to an aromatic ring is 1. The monoisotopic (exact) mass is 306 g/mol. The minimum absolute atomic E-state index is 0.0546. The molecular weight excluding hydrogens is 290 g/mol. The summed E-state index contributed by atoms with van der Waals surface area (Å²) >= 11 is 0. The molecule has 1 saturated heterocycles. The van der Waals surface area contributed by atoms with Crippen molar-refractivity contribution in [3.8, 4) is 0 Å². The number of nitrogens with two attached hydrogens (primary N) is 1. The first kappa shape index (κ1) is 15.1. The summed E-state index contributed by atoms with van der Waals surface area (Å²) in [5, 5.41) is 0. The molecule has 0 aromatic heterocycles. The van der Waals surface area contributed by atoms with Crippen molar-refractivity contribution < 1.29 is 21.9 Å². The van der Waals surface area contributed by atoms with Gasteiger partial charge in [-0.25, -0.2) is 21.9 Å². The molecule has 1 fully saturated rings. The lowest BCUT2D eigenvalue weighted by Crippen LogP contribution is -2.35. The Morgan fingerprint density at radius 1 is 1.35 bits per heavy atom. The van der Waals surface area contributed by atoms with Gasteiger partial charge in [-0.1, -0.05) is 0 Å². The summed E-state index contributed by atoms with van der Waals surface area (Å²) in [6, 6.07) is 1.68. The van der Waals surface area contributed by atoms with E-state index >= 15 is 0 Å². The first-order chi connectivity index (χ1) is 9.42. The molecule has 1 aromatic rings. The summed E-state index contributed by atoms with van der Waals surface area (Å²) in [6.07, 6.45) is 2.44. The fourth-order valence-electron chi connectivity index (χ4n) is 2.01. The van der Waals surface area contributed by atoms with Gasteiger partial charge in [0.05, 0.1) is 6.10 Å². The maximum absolute atomic E-state index is 13.7. The predicted molar refractivity (Wildman–Crippen MR) is 69.5 cm³/mol. The zero-order chi connectivity index (χ0) is 14.8. The van der Waals surface area contributed by atoms with Crippen LogP contribution in [0.3, 0.4) is 0 Å². The number of anilines is 1. The average Bonchev–Trinajstić information content (AvgIpc) is 2.44. The van der Waals surface area contributed by atoms with Crippen LogP contribution in [0.4, 0.5) is 14.5 Å². The van der Waals surface area contributed by atoms with E-state index in [9.17, 15) is 17.2 Å². The number of ether oxygens (including phenoxy) is 1. The van der Waals surface area contributed by atoms with Crippen molar-refractivity contribution in [2.24, 2.45) is 0 Å². The van der Waals surface area contributed by atoms with Crippen LogP contribution in [-0.4, -0.2) is 27.7 Å². The number of hydrogen-bond donors (Lipinski definition) is 2. The minimum atomic E-state index is -4.08. The molecule has 1 aromatic carbocycles. The van der Waals surface area contributed by atoms with E-state index in [4.69, 9.17) is 10.5 Å². The summed E-state index contributed by atoms with van der Waals surface area (Å²) in [5.41, 5.74) is 4.35. The van der Waals surface area contributed by atoms with Crippen LogP contribution in [0.5, 0.6) is 0 Å². The molecule has 0 aliphatic carbocycles. The lowest BCUT2D eigenvalue weighted by Gasteiger charge is -2.22. The van der Waals surface area contributed by atoms with Gasteiger partial charge >= 0.3 is 0 Å². The molecular formula is C12H16F2N2O3S. The van der Waals surface area contributed by atoms with Gasteiger partial charge in [-0.15, -0.1) is 0 Å². The summed E-state index contributed by atoms with van der Waals surface area (Å²) in [6.45, 7) is 0.642. The van der Waals surface area contributed by atoms with Crippen molar-refractivity contribution in [2.45, 2.75) is 30.3 Å². The Morgan fingerprint density at radius 3 is 2.75 bits per heavy atom. The smallest absolute Gasteiger partial charge is 0.243 e. The molecule has 1 aliphatic rings. The fourth-order valence-corrected chi connectivity index (χ4v) is 3.16. The van der Waals surface area contributed by atoms with Gasteiger partial charge in [0.2, 0.25) is 10.0 Å². The van der Waals surface area contributed by atoms with Crippen LogP contribution in [0, 0.1) is 11.6 Å². The highest BCUT2D eigenvalue weighted by Crippen LogP contribution is 2.22. The Balaban J connectivity index is 2.12. The molecule has 1 unspecified atom stereocenters. The highest BCUT2D eigenvalue weighted by Gasteiger charge is 2.24. The van der Waals surface area contributed by atoms with Crippen LogP contribution in [0.2, 0.25) is 0 Å². The molecule has 2 rings (SSSR count). The van der Waals surface area contributed by atoms with Crippen LogP contribution >= 0.6 is 0 Å². The lowest BCUT2D eigenvalue weighted by atomic mass is 10.1. The third-order valence-corrected chi connectivity index (χ3v) is 4.60. The van der Waals surface area contributed by atoms with Crippen molar-refractivity contribution in [3.05, 3.63) is 23.8 Å². The third-order valence-electron chi connectivity index (χ3n) is 3.16. The molecule has 1 aliphatic heterocycles. The topological polar surface area (TPSA) is 81.4 Å². The van der Waals surface area contributed by atoms with Crippen molar-refractivity contribution in [3.63, 3.8) is 0 Å². The minimum Gasteiger partial charge on any atom is -0.394 e. The van der Waals surface area contributed by atoms with Crippen LogP contribution in [0.25, 0.3) is 0 Å². The van der Waals surface area contributed by atoms with E-state index in [1.807, 2.05) is 0 Å². The maximum Gasteiger partial charge on any atom is 0.243 e. The van der Waals surface area contributed by atoms with E-state index in [-0.39, 0.29) is 12.6 Å². The molecule has 5 nitrogen and oxygen atoms in total. The summed E-state index contributed by atoms with van der Waals surface area (Å²) in [5.74, 6) is -2.26. The third kappa shape index (κ3) is 3.25. The number of sulfonamides is 1. The van der Waals surface area contributed by atoms with Gasteiger partial charge < -0.3 is 10.5 Å². The molecule has 112 valence electrons. The van der Waals surface area contributed by atoms with E-state index in [0.29, 0.717) is 6.61 Å². The molecule has 1 heterocycles. The standard InChI is InChI=1S/C12H16F2N2O3S/c13-9-4-5-10(11(14)12(9)15)20(17,18)16-7-8-3-1-2-6-19-8/h4-5,8,16H,1-3,6-7,15H2. The summed E-state index contributed by atoms with van der Waals surface area (Å²) < 4.78 is 58.3. The molecule has 8 heteroatoms. The van der Waals surface area contributed by atoms with Crippen LogP contribution in [0.1, 0.15) is 19.3 Å². The van der Waals surface area contributed by atoms with E-state index in [1.165, 1.54) is 0 Å². The van der Waals surface area contributed by atoms with E-state index in [2.05, 4.69) is 4.72 Å². The van der Waals surface area contributed by atoms with Crippen molar-refractivity contribution in [2.75, 3.05) is 18.9 Å². The molecule has 0 amide bonds. The molecule has 0 saturated carbocycles. The zero-order valence-electron chi connectivity index (χ0n) is 10.7. The second-order valence-electron chi connectivity index (χ2n) is 4.61. The Kier molecular flexibility index (Phi) is 4.56. The highest BCUT2D eigenvalue weighted by molar-refractivity contribution is 7.89. The van der Waals surface area contributed by atoms with Gasteiger partial charge in [-0.3, -0.25) is 0 Å². The average molecular weight is 306 g/mol. The van der Waals surface area contributed by atoms with Crippen LogP contribution in [0.15, 0.2) is 17.0 Å². The molecule has 3 N–H and O–H groups in total. The number of hydrogen-bond acceptors (Lipinski definition) is 4. The van der Waals surface area contributed by atoms with Gasteiger partial charge in [0.25, 0.3) is 0 Å². The van der Waals surface area contributed by atoms with Crippen molar-refractivity contribution in [1.29, 1.82) is 0 Å². The van der Waals surface area contributed by atoms with Gasteiger partial charge in [0, 0.05) is 13.2 Å². The van der Waals surface area contributed by atoms with Crippen molar-refractivity contribution >= 4 is 15.7 Å². The zero-order valence-corrected chi connectivity index (χ0v) is 11.6. The number of nitrogens with one attached hydrogen (secondary N) is 1. The molecule has 1 atom stereocenters. The Hall–Kier alpha value is -1.25. The predicted octanol–water partition coefficient (Wildman–Crippen LogP) is 1.39. The quantitative estimate of drug-likeness (QED) is 0.824. The van der Waals surface area contributed by atoms with Gasteiger partial charge in [0.1, 0.15) is 16.4 Å². The maximum atomic E-state index is 13.7. The Bertz CT molecular complexity index is 587. The molecule has 20 heavy (non-hydrogen) atoms. The fraction of sp³-hybridized carbons (Fsp3) is 0.500. The second kappa shape index (κ2) is 6.02. The van der Waals surface area contributed by atoms with E-state index in [0.717, 1.165) is 31.4 Å². The number of halogens is 2. The Labute approximate surface area is 116 Å². The van der Waals surface area contributed by atoms with Crippen LogP contribution < -0.4 is 10.5 Å². The number of rotatable bonds is 4. The number of benzene rings is 1. The first-order valence-corrected chi connectivity index (χ1v) is 7.75. The molecule has 0 spiro atoms. The van der Waals surface area contributed by atoms with Gasteiger partial charge in [-0.2, -0.15) is 0 Å². The first-order valence-electron chi connectivity index (χ1n) is 6.26. The summed E-state index contributed by atoms with van der Waals surface area (Å²) in [4.78, 5) is -0.660. The Morgan fingerprint density at radius 2 is 2.10 bits per heavy atom. The normalized spacial score (nSPS) is 20.0. The second-order valence-corrected chi connectivity index (χ2v) is 6.35. The van der Waals surface area contributed by atoms with Crippen LogP contribution in [-0.2, 0) is 14.8 Å².